The smallest absolute Gasteiger partial charge is 0.325 e. The second-order valence-electron chi connectivity index (χ2n) is 6.65. The molecule has 2 heterocycles. The molecule has 1 aliphatic rings. The van der Waals surface area contributed by atoms with Crippen molar-refractivity contribution in [2.45, 2.75) is 22.6 Å². The molecule has 146 valence electrons. The third kappa shape index (κ3) is 3.17. The Morgan fingerprint density at radius 1 is 1.29 bits per heavy atom. The van der Waals surface area contributed by atoms with E-state index in [1.54, 1.807) is 30.1 Å². The fourth-order valence-electron chi connectivity index (χ4n) is 3.57. The number of carbonyl (C=O) groups is 1. The van der Waals surface area contributed by atoms with Crippen molar-refractivity contribution >= 4 is 49.9 Å². The van der Waals surface area contributed by atoms with Crippen molar-refractivity contribution < 1.29 is 18.3 Å². The zero-order valence-corrected chi connectivity index (χ0v) is 18.4. The second kappa shape index (κ2) is 6.94. The number of rotatable bonds is 6. The Kier molecular flexibility index (Phi) is 4.84. The highest BCUT2D eigenvalue weighted by Crippen LogP contribution is 2.58. The van der Waals surface area contributed by atoms with Crippen molar-refractivity contribution in [1.29, 1.82) is 0 Å². The van der Waals surface area contributed by atoms with E-state index in [1.165, 1.54) is 6.07 Å². The number of benzene rings is 1. The number of nitrogens with one attached hydrogen (secondary N) is 1. The average molecular weight is 529 g/mol. The molecule has 2 aromatic heterocycles. The van der Waals surface area contributed by atoms with Crippen LogP contribution in [0.2, 0.25) is 0 Å². The summed E-state index contributed by atoms with van der Waals surface area (Å²) < 4.78 is 31.0. The van der Waals surface area contributed by atoms with Crippen LogP contribution in [0.4, 0.5) is 0 Å². The molecule has 3 atom stereocenters. The van der Waals surface area contributed by atoms with Gasteiger partial charge >= 0.3 is 5.97 Å². The first-order valence-electron chi connectivity index (χ1n) is 8.38. The lowest BCUT2D eigenvalue weighted by Gasteiger charge is -2.15. The van der Waals surface area contributed by atoms with Crippen molar-refractivity contribution in [3.05, 3.63) is 64.0 Å². The lowest BCUT2D eigenvalue weighted by Crippen LogP contribution is -2.45. The molecule has 0 amide bonds. The molecule has 1 aromatic carbocycles. The Balaban J connectivity index is 1.65. The summed E-state index contributed by atoms with van der Waals surface area (Å²) in [6.07, 6.45) is 3.45. The molecule has 0 aliphatic heterocycles. The predicted molar refractivity (Wildman–Crippen MR) is 113 cm³/mol. The van der Waals surface area contributed by atoms with Gasteiger partial charge in [0.2, 0.25) is 0 Å². The van der Waals surface area contributed by atoms with E-state index in [9.17, 15) is 18.3 Å². The van der Waals surface area contributed by atoms with E-state index in [1.807, 2.05) is 30.3 Å². The van der Waals surface area contributed by atoms with Gasteiger partial charge in [-0.05, 0) is 46.2 Å². The maximum atomic E-state index is 13.0. The van der Waals surface area contributed by atoms with Crippen LogP contribution in [-0.2, 0) is 14.8 Å². The van der Waals surface area contributed by atoms with Gasteiger partial charge in [0, 0.05) is 12.1 Å². The molecule has 0 radical (unpaired) electrons. The number of aromatic nitrogens is 2. The summed E-state index contributed by atoms with van der Waals surface area (Å²) in [5, 5.41) is 14.7. The summed E-state index contributed by atoms with van der Waals surface area (Å²) >= 11 is 3.16. The Morgan fingerprint density at radius 3 is 2.61 bits per heavy atom. The maximum Gasteiger partial charge on any atom is 0.325 e. The molecule has 1 fully saturated rings. The fourth-order valence-corrected chi connectivity index (χ4v) is 6.65. The van der Waals surface area contributed by atoms with E-state index in [2.05, 4.69) is 32.4 Å². The first-order valence-corrected chi connectivity index (χ1v) is 11.8. The minimum absolute atomic E-state index is 0.0551. The van der Waals surface area contributed by atoms with E-state index in [-0.39, 0.29) is 10.1 Å². The van der Waals surface area contributed by atoms with Crippen molar-refractivity contribution in [2.24, 2.45) is 5.92 Å². The number of sulfonamides is 1. The standard InChI is InChI=1S/C18H16IN3O4S2/c1-11-16(12-5-3-2-4-6-12)18(11,17(23)24)21-28(25,26)15-8-7-14(27-15)22-10-13(19)9-20-22/h2-11,16,21H,1H3,(H,23,24)/t11-,16-,18+/m1/s1. The highest BCUT2D eigenvalue weighted by Gasteiger charge is 2.70. The van der Waals surface area contributed by atoms with Crippen LogP contribution in [0.15, 0.2) is 59.1 Å². The fraction of sp³-hybridized carbons (Fsp3) is 0.222. The van der Waals surface area contributed by atoms with Crippen molar-refractivity contribution in [2.75, 3.05) is 0 Å². The molecule has 0 bridgehead atoms. The Bertz CT molecular complexity index is 1140. The van der Waals surface area contributed by atoms with Crippen LogP contribution < -0.4 is 4.72 Å². The van der Waals surface area contributed by atoms with Crippen LogP contribution in [-0.4, -0.2) is 34.8 Å². The first kappa shape index (κ1) is 19.6. The third-order valence-electron chi connectivity index (χ3n) is 5.02. The molecular weight excluding hydrogens is 513 g/mol. The zero-order valence-electron chi connectivity index (χ0n) is 14.6. The van der Waals surface area contributed by atoms with Gasteiger partial charge in [-0.25, -0.2) is 13.1 Å². The summed E-state index contributed by atoms with van der Waals surface area (Å²) in [5.74, 6) is -1.96. The summed E-state index contributed by atoms with van der Waals surface area (Å²) in [4.78, 5) is 12.1. The van der Waals surface area contributed by atoms with E-state index < -0.39 is 27.4 Å². The van der Waals surface area contributed by atoms with Crippen molar-refractivity contribution in [3.63, 3.8) is 0 Å². The molecule has 0 unspecified atom stereocenters. The summed E-state index contributed by atoms with van der Waals surface area (Å²) in [5.41, 5.74) is -0.746. The highest BCUT2D eigenvalue weighted by molar-refractivity contribution is 14.1. The lowest BCUT2D eigenvalue weighted by molar-refractivity contribution is -0.140. The van der Waals surface area contributed by atoms with Gasteiger partial charge in [-0.3, -0.25) is 4.79 Å². The molecule has 3 aromatic rings. The Hall–Kier alpha value is -1.76. The number of hydrogen-bond acceptors (Lipinski definition) is 5. The van der Waals surface area contributed by atoms with Crippen molar-refractivity contribution in [3.8, 4) is 5.00 Å². The molecule has 0 spiro atoms. The SMILES string of the molecule is C[C@@H]1[C@H](c2ccccc2)[C@]1(NS(=O)(=O)c1ccc(-n2cc(I)cn2)s1)C(=O)O. The Labute approximate surface area is 179 Å². The van der Waals surface area contributed by atoms with Gasteiger partial charge in [0.1, 0.15) is 14.7 Å². The molecule has 4 rings (SSSR count). The number of halogens is 1. The minimum atomic E-state index is -4.01. The number of carboxylic acid groups (broad SMARTS) is 1. The van der Waals surface area contributed by atoms with Crippen LogP contribution >= 0.6 is 33.9 Å². The minimum Gasteiger partial charge on any atom is -0.480 e. The monoisotopic (exact) mass is 529 g/mol. The summed E-state index contributed by atoms with van der Waals surface area (Å²) in [7, 11) is -4.01. The van der Waals surface area contributed by atoms with Gasteiger partial charge in [-0.1, -0.05) is 37.3 Å². The van der Waals surface area contributed by atoms with E-state index in [4.69, 9.17) is 0 Å². The van der Waals surface area contributed by atoms with Gasteiger partial charge in [-0.2, -0.15) is 9.82 Å². The van der Waals surface area contributed by atoms with Crippen LogP contribution in [0, 0.1) is 9.49 Å². The number of nitrogens with zero attached hydrogens (tertiary/aromatic N) is 2. The van der Waals surface area contributed by atoms with E-state index in [0.29, 0.717) is 5.00 Å². The molecule has 0 saturated heterocycles. The predicted octanol–water partition coefficient (Wildman–Crippen LogP) is 3.07. The van der Waals surface area contributed by atoms with Crippen LogP contribution in [0.25, 0.3) is 5.00 Å². The van der Waals surface area contributed by atoms with Gasteiger partial charge in [0.05, 0.1) is 9.77 Å². The molecule has 2 N–H and O–H groups in total. The first-order chi connectivity index (χ1) is 13.3. The van der Waals surface area contributed by atoms with E-state index >= 15 is 0 Å². The zero-order chi connectivity index (χ0) is 20.1. The molecule has 10 heteroatoms. The summed E-state index contributed by atoms with van der Waals surface area (Å²) in [6, 6.07) is 12.2. The lowest BCUT2D eigenvalue weighted by atomic mass is 10.1. The number of hydrogen-bond donors (Lipinski definition) is 2. The second-order valence-corrected chi connectivity index (χ2v) is 10.9. The summed E-state index contributed by atoms with van der Waals surface area (Å²) in [6.45, 7) is 1.75. The van der Waals surface area contributed by atoms with Gasteiger partial charge < -0.3 is 5.11 Å². The molecule has 7 nitrogen and oxygen atoms in total. The molecule has 28 heavy (non-hydrogen) atoms. The van der Waals surface area contributed by atoms with Crippen molar-refractivity contribution in [1.82, 2.24) is 14.5 Å². The number of carboxylic acids is 1. The quantitative estimate of drug-likeness (QED) is 0.478. The van der Waals surface area contributed by atoms with Crippen LogP contribution in [0.1, 0.15) is 18.4 Å². The maximum absolute atomic E-state index is 13.0. The normalized spacial score (nSPS) is 24.2. The largest absolute Gasteiger partial charge is 0.480 e. The topological polar surface area (TPSA) is 101 Å². The number of aliphatic carboxylic acids is 1. The van der Waals surface area contributed by atoms with E-state index in [0.717, 1.165) is 20.5 Å². The highest BCUT2D eigenvalue weighted by atomic mass is 127. The van der Waals surface area contributed by atoms with Crippen LogP contribution in [0.5, 0.6) is 0 Å². The molecular formula is C18H16IN3O4S2. The van der Waals surface area contributed by atoms with Gasteiger partial charge in [0.15, 0.2) is 0 Å². The van der Waals surface area contributed by atoms with Gasteiger partial charge in [-0.15, -0.1) is 11.3 Å². The Morgan fingerprint density at radius 2 is 2.00 bits per heavy atom. The van der Waals surface area contributed by atoms with Crippen LogP contribution in [0.3, 0.4) is 0 Å². The number of thiophene rings is 1. The molecule has 1 saturated carbocycles. The van der Waals surface area contributed by atoms with Gasteiger partial charge in [0.25, 0.3) is 10.0 Å². The average Bonchev–Trinajstić information content (AvgIpc) is 3.06. The third-order valence-corrected chi connectivity index (χ3v) is 8.63. The molecule has 1 aliphatic carbocycles.